The van der Waals surface area contributed by atoms with Crippen molar-refractivity contribution >= 4 is 5.97 Å². The standard InChI is InChI=1S/C11H16O3/c1-5-6-3-8(11(5,2)13)7-4-9(12)14-10(6)7/h5-8,10,13H,3-4H2,1-2H3. The maximum atomic E-state index is 11.2. The number of aliphatic hydroxyl groups is 1. The Hall–Kier alpha value is -0.570. The summed E-state index contributed by atoms with van der Waals surface area (Å²) in [5.74, 6) is 1.16. The molecule has 0 aromatic heterocycles. The van der Waals surface area contributed by atoms with Crippen LogP contribution in [0.1, 0.15) is 26.7 Å². The fourth-order valence-electron chi connectivity index (χ4n) is 3.91. The lowest BCUT2D eigenvalue weighted by Gasteiger charge is -2.39. The molecular formula is C11H16O3. The molecule has 1 N–H and O–H groups in total. The second kappa shape index (κ2) is 2.32. The number of carbonyl (C=O) groups excluding carboxylic acids is 1. The zero-order valence-corrected chi connectivity index (χ0v) is 8.56. The summed E-state index contributed by atoms with van der Waals surface area (Å²) in [6, 6.07) is 0. The lowest BCUT2D eigenvalue weighted by Crippen LogP contribution is -2.46. The lowest BCUT2D eigenvalue weighted by atomic mass is 9.71. The molecule has 6 atom stereocenters. The van der Waals surface area contributed by atoms with E-state index in [-0.39, 0.29) is 23.9 Å². The highest BCUT2D eigenvalue weighted by molar-refractivity contribution is 5.72. The number of hydrogen-bond acceptors (Lipinski definition) is 3. The largest absolute Gasteiger partial charge is 0.462 e. The van der Waals surface area contributed by atoms with E-state index >= 15 is 0 Å². The van der Waals surface area contributed by atoms with Crippen LogP contribution in [-0.2, 0) is 9.53 Å². The molecule has 0 radical (unpaired) electrons. The van der Waals surface area contributed by atoms with Crippen molar-refractivity contribution in [1.29, 1.82) is 0 Å². The molecule has 1 aliphatic heterocycles. The van der Waals surface area contributed by atoms with Crippen LogP contribution in [-0.4, -0.2) is 22.8 Å². The summed E-state index contributed by atoms with van der Waals surface area (Å²) in [5, 5.41) is 10.3. The van der Waals surface area contributed by atoms with Crippen molar-refractivity contribution in [3.8, 4) is 0 Å². The quantitative estimate of drug-likeness (QED) is 0.587. The molecule has 0 aromatic carbocycles. The second-order valence-electron chi connectivity index (χ2n) is 5.34. The Morgan fingerprint density at radius 2 is 2.21 bits per heavy atom. The maximum absolute atomic E-state index is 11.2. The molecule has 1 saturated heterocycles. The summed E-state index contributed by atoms with van der Waals surface area (Å²) >= 11 is 0. The average Bonchev–Trinajstić information content (AvgIpc) is 2.64. The summed E-state index contributed by atoms with van der Waals surface area (Å²) in [4.78, 5) is 11.2. The third-order valence-electron chi connectivity index (χ3n) is 4.87. The molecule has 2 bridgehead atoms. The van der Waals surface area contributed by atoms with Gasteiger partial charge in [-0.1, -0.05) is 6.92 Å². The van der Waals surface area contributed by atoms with Gasteiger partial charge in [0.2, 0.25) is 0 Å². The minimum atomic E-state index is -0.584. The first-order valence-electron chi connectivity index (χ1n) is 5.43. The van der Waals surface area contributed by atoms with Crippen LogP contribution in [0.4, 0.5) is 0 Å². The molecule has 3 heteroatoms. The Kier molecular flexibility index (Phi) is 1.45. The monoisotopic (exact) mass is 196 g/mol. The average molecular weight is 196 g/mol. The third-order valence-corrected chi connectivity index (χ3v) is 4.87. The normalized spacial score (nSPS) is 60.2. The molecule has 14 heavy (non-hydrogen) atoms. The van der Waals surface area contributed by atoms with Crippen LogP contribution in [0.2, 0.25) is 0 Å². The lowest BCUT2D eigenvalue weighted by molar-refractivity contribution is -0.146. The van der Waals surface area contributed by atoms with Gasteiger partial charge in [0.15, 0.2) is 0 Å². The molecule has 78 valence electrons. The van der Waals surface area contributed by atoms with Crippen LogP contribution in [0.25, 0.3) is 0 Å². The number of fused-ring (bicyclic) bond motifs is 5. The number of carbonyl (C=O) groups is 1. The molecule has 2 aliphatic carbocycles. The van der Waals surface area contributed by atoms with Crippen molar-refractivity contribution in [3.05, 3.63) is 0 Å². The number of rotatable bonds is 0. The molecule has 0 aromatic rings. The summed E-state index contributed by atoms with van der Waals surface area (Å²) in [6.07, 6.45) is 1.67. The first kappa shape index (κ1) is 8.72. The Bertz CT molecular complexity index is 297. The molecule has 1 heterocycles. The maximum Gasteiger partial charge on any atom is 0.306 e. The van der Waals surface area contributed by atoms with E-state index in [4.69, 9.17) is 4.74 Å². The Morgan fingerprint density at radius 1 is 1.50 bits per heavy atom. The van der Waals surface area contributed by atoms with Gasteiger partial charge in [0, 0.05) is 11.8 Å². The van der Waals surface area contributed by atoms with E-state index in [0.717, 1.165) is 6.42 Å². The highest BCUT2D eigenvalue weighted by Gasteiger charge is 2.65. The third kappa shape index (κ3) is 0.800. The van der Waals surface area contributed by atoms with Crippen LogP contribution in [0.5, 0.6) is 0 Å². The minimum absolute atomic E-state index is 0.0698. The zero-order chi connectivity index (χ0) is 10.1. The Balaban J connectivity index is 1.97. The van der Waals surface area contributed by atoms with Gasteiger partial charge in [0.05, 0.1) is 12.0 Å². The summed E-state index contributed by atoms with van der Waals surface area (Å²) < 4.78 is 5.33. The van der Waals surface area contributed by atoms with Gasteiger partial charge in [0.25, 0.3) is 0 Å². The van der Waals surface area contributed by atoms with E-state index in [1.165, 1.54) is 0 Å². The van der Waals surface area contributed by atoms with Crippen molar-refractivity contribution in [2.75, 3.05) is 0 Å². The smallest absolute Gasteiger partial charge is 0.306 e. The van der Waals surface area contributed by atoms with Crippen LogP contribution in [0, 0.1) is 23.7 Å². The molecule has 3 aliphatic rings. The number of esters is 1. The van der Waals surface area contributed by atoms with Crippen LogP contribution < -0.4 is 0 Å². The zero-order valence-electron chi connectivity index (χ0n) is 8.56. The molecule has 0 amide bonds. The van der Waals surface area contributed by atoms with E-state index < -0.39 is 5.60 Å². The van der Waals surface area contributed by atoms with E-state index in [1.807, 2.05) is 6.92 Å². The molecule has 6 unspecified atom stereocenters. The molecule has 3 nitrogen and oxygen atoms in total. The minimum Gasteiger partial charge on any atom is -0.462 e. The van der Waals surface area contributed by atoms with Gasteiger partial charge in [-0.3, -0.25) is 4.79 Å². The highest BCUT2D eigenvalue weighted by Crippen LogP contribution is 2.60. The first-order chi connectivity index (χ1) is 6.51. The van der Waals surface area contributed by atoms with Gasteiger partial charge in [-0.2, -0.15) is 0 Å². The molecule has 2 saturated carbocycles. The number of hydrogen-bond donors (Lipinski definition) is 1. The van der Waals surface area contributed by atoms with Gasteiger partial charge in [0.1, 0.15) is 6.10 Å². The SMILES string of the molecule is CC1C2CC(C3CC(=O)OC23)C1(C)O. The molecule has 3 fully saturated rings. The molecule has 3 rings (SSSR count). The van der Waals surface area contributed by atoms with Crippen LogP contribution in [0.15, 0.2) is 0 Å². The predicted molar refractivity (Wildman–Crippen MR) is 49.4 cm³/mol. The van der Waals surface area contributed by atoms with Crippen LogP contribution >= 0.6 is 0 Å². The van der Waals surface area contributed by atoms with E-state index in [1.54, 1.807) is 0 Å². The van der Waals surface area contributed by atoms with Crippen molar-refractivity contribution in [2.45, 2.75) is 38.4 Å². The first-order valence-corrected chi connectivity index (χ1v) is 5.43. The molecular weight excluding hydrogens is 180 g/mol. The van der Waals surface area contributed by atoms with E-state index in [2.05, 4.69) is 6.92 Å². The van der Waals surface area contributed by atoms with Gasteiger partial charge in [-0.15, -0.1) is 0 Å². The Labute approximate surface area is 83.4 Å². The summed E-state index contributed by atoms with van der Waals surface area (Å²) in [7, 11) is 0. The summed E-state index contributed by atoms with van der Waals surface area (Å²) in [6.45, 7) is 3.99. The summed E-state index contributed by atoms with van der Waals surface area (Å²) in [5.41, 5.74) is -0.584. The fraction of sp³-hybridized carbons (Fsp3) is 0.909. The van der Waals surface area contributed by atoms with Gasteiger partial charge in [-0.05, 0) is 25.2 Å². The van der Waals surface area contributed by atoms with Crippen molar-refractivity contribution < 1.29 is 14.6 Å². The highest BCUT2D eigenvalue weighted by atomic mass is 16.6. The van der Waals surface area contributed by atoms with Crippen molar-refractivity contribution in [1.82, 2.24) is 0 Å². The van der Waals surface area contributed by atoms with E-state index in [0.29, 0.717) is 18.3 Å². The Morgan fingerprint density at radius 3 is 2.93 bits per heavy atom. The van der Waals surface area contributed by atoms with Crippen molar-refractivity contribution in [3.63, 3.8) is 0 Å². The topological polar surface area (TPSA) is 46.5 Å². The van der Waals surface area contributed by atoms with Crippen molar-refractivity contribution in [2.24, 2.45) is 23.7 Å². The second-order valence-corrected chi connectivity index (χ2v) is 5.34. The van der Waals surface area contributed by atoms with Gasteiger partial charge < -0.3 is 9.84 Å². The van der Waals surface area contributed by atoms with Crippen LogP contribution in [0.3, 0.4) is 0 Å². The predicted octanol–water partition coefficient (Wildman–Crippen LogP) is 0.955. The van der Waals surface area contributed by atoms with E-state index in [9.17, 15) is 9.90 Å². The fourth-order valence-corrected chi connectivity index (χ4v) is 3.91. The molecule has 0 spiro atoms. The van der Waals surface area contributed by atoms with Gasteiger partial charge in [-0.25, -0.2) is 0 Å². The number of ether oxygens (including phenoxy) is 1. The van der Waals surface area contributed by atoms with Gasteiger partial charge >= 0.3 is 5.97 Å².